The molecule has 0 amide bonds. The number of rotatable bonds is 9. The van der Waals surface area contributed by atoms with E-state index in [2.05, 4.69) is 16.1 Å². The summed E-state index contributed by atoms with van der Waals surface area (Å²) in [4.78, 5) is 51.1. The maximum atomic E-state index is 10.8. The van der Waals surface area contributed by atoms with Gasteiger partial charge >= 0.3 is 29.8 Å². The normalized spacial score (nSPS) is 9.79. The van der Waals surface area contributed by atoms with Crippen LogP contribution in [0.5, 0.6) is 0 Å². The first-order chi connectivity index (χ1) is 11.1. The monoisotopic (exact) mass is 346 g/mol. The summed E-state index contributed by atoms with van der Waals surface area (Å²) in [5, 5.41) is 24.3. The van der Waals surface area contributed by atoms with Crippen LogP contribution in [0.15, 0.2) is 24.3 Å². The fraction of sp³-hybridized carbons (Fsp3) is 0.357. The Morgan fingerprint density at radius 3 is 1.88 bits per heavy atom. The summed E-state index contributed by atoms with van der Waals surface area (Å²) in [6, 6.07) is 0. The second kappa shape index (κ2) is 13.5. The third-order valence-electron chi connectivity index (χ3n) is 1.98. The highest BCUT2D eigenvalue weighted by Gasteiger charge is 2.06. The summed E-state index contributed by atoms with van der Waals surface area (Å²) in [7, 11) is 0. The first-order valence-corrected chi connectivity index (χ1v) is 6.41. The van der Waals surface area contributed by atoms with Crippen molar-refractivity contribution in [3.05, 3.63) is 24.3 Å². The molecule has 0 saturated carbocycles. The van der Waals surface area contributed by atoms with E-state index in [0.717, 1.165) is 6.08 Å². The Kier molecular flexibility index (Phi) is 13.0. The molecule has 0 bridgehead atoms. The van der Waals surface area contributed by atoms with Crippen LogP contribution in [-0.2, 0) is 33.4 Å². The Labute approximate surface area is 137 Å². The van der Waals surface area contributed by atoms with Crippen molar-refractivity contribution in [1.82, 2.24) is 0 Å². The molecule has 0 aliphatic rings. The van der Waals surface area contributed by atoms with Gasteiger partial charge in [-0.05, 0) is 6.92 Å². The molecule has 0 atom stereocenters. The van der Waals surface area contributed by atoms with Crippen molar-refractivity contribution in [2.75, 3.05) is 13.2 Å². The van der Waals surface area contributed by atoms with Gasteiger partial charge in [0, 0.05) is 17.7 Å². The smallest absolute Gasteiger partial charge is 0.331 e. The van der Waals surface area contributed by atoms with E-state index >= 15 is 0 Å². The van der Waals surface area contributed by atoms with Gasteiger partial charge in [-0.1, -0.05) is 6.58 Å². The number of carboxylic acid groups (broad SMARTS) is 3. The molecule has 0 aliphatic heterocycles. The first-order valence-electron chi connectivity index (χ1n) is 6.41. The zero-order valence-corrected chi connectivity index (χ0v) is 12.9. The summed E-state index contributed by atoms with van der Waals surface area (Å²) in [6.07, 6.45) is 1.17. The van der Waals surface area contributed by atoms with Crippen LogP contribution in [0.4, 0.5) is 0 Å². The summed E-state index contributed by atoms with van der Waals surface area (Å²) in [5.74, 6) is -4.75. The lowest BCUT2D eigenvalue weighted by Gasteiger charge is -2.03. The molecule has 10 heteroatoms. The minimum atomic E-state index is -1.24. The number of esters is 2. The summed E-state index contributed by atoms with van der Waals surface area (Å²) < 4.78 is 9.09. The van der Waals surface area contributed by atoms with Crippen LogP contribution in [-0.4, -0.2) is 58.4 Å². The number of carbonyl (C=O) groups excluding carboxylic acids is 2. The van der Waals surface area contributed by atoms with Gasteiger partial charge in [0.2, 0.25) is 0 Å². The van der Waals surface area contributed by atoms with Gasteiger partial charge in [0.25, 0.3) is 0 Å². The Bertz CT molecular complexity index is 518. The van der Waals surface area contributed by atoms with E-state index in [-0.39, 0.29) is 31.6 Å². The molecule has 0 radical (unpaired) electrons. The van der Waals surface area contributed by atoms with Crippen LogP contribution in [0, 0.1) is 0 Å². The highest BCUT2D eigenvalue weighted by atomic mass is 16.6. The van der Waals surface area contributed by atoms with Crippen LogP contribution in [0.3, 0.4) is 0 Å². The maximum Gasteiger partial charge on any atom is 0.331 e. The third kappa shape index (κ3) is 16.9. The van der Waals surface area contributed by atoms with Crippen LogP contribution in [0.2, 0.25) is 0 Å². The second-order valence-corrected chi connectivity index (χ2v) is 3.96. The molecule has 0 aromatic carbocycles. The van der Waals surface area contributed by atoms with Gasteiger partial charge < -0.3 is 24.8 Å². The lowest BCUT2D eigenvalue weighted by molar-refractivity contribution is -0.151. The number of hydrogen-bond donors (Lipinski definition) is 3. The van der Waals surface area contributed by atoms with E-state index in [1.54, 1.807) is 0 Å². The molecule has 0 aromatic heterocycles. The van der Waals surface area contributed by atoms with E-state index in [1.165, 1.54) is 6.92 Å². The number of hydrogen-bond acceptors (Lipinski definition) is 7. The minimum Gasteiger partial charge on any atom is -0.481 e. The van der Waals surface area contributed by atoms with E-state index in [0.29, 0.717) is 6.08 Å². The molecule has 3 N–H and O–H groups in total. The lowest BCUT2D eigenvalue weighted by Crippen LogP contribution is -2.13. The standard InChI is InChI=1S/C9H12O6.C5H6O4/c1-2-8(12)14-5-6-15-9(13)4-3-7(10)11;1-3(5(8)9)2-4(6)7/h2H,1,3-6H2,(H,10,11);2H,1H3,(H,6,7)(H,8,9)/b;3-2-. The zero-order chi connectivity index (χ0) is 19.1. The first kappa shape index (κ1) is 23.1. The van der Waals surface area contributed by atoms with Crippen molar-refractivity contribution >= 4 is 29.8 Å². The van der Waals surface area contributed by atoms with Crippen molar-refractivity contribution in [2.45, 2.75) is 19.8 Å². The Morgan fingerprint density at radius 1 is 0.958 bits per heavy atom. The molecular weight excluding hydrogens is 328 g/mol. The van der Waals surface area contributed by atoms with Crippen LogP contribution in [0.25, 0.3) is 0 Å². The predicted molar refractivity (Wildman–Crippen MR) is 78.0 cm³/mol. The summed E-state index contributed by atoms with van der Waals surface area (Å²) in [5.41, 5.74) is -0.178. The number of ether oxygens (including phenoxy) is 2. The predicted octanol–water partition coefficient (Wildman–Crippen LogP) is 0.226. The maximum absolute atomic E-state index is 10.8. The summed E-state index contributed by atoms with van der Waals surface area (Å²) in [6.45, 7) is 4.24. The van der Waals surface area contributed by atoms with Gasteiger partial charge in [0.15, 0.2) is 0 Å². The van der Waals surface area contributed by atoms with Gasteiger partial charge in [-0.2, -0.15) is 0 Å². The average Bonchev–Trinajstić information content (AvgIpc) is 2.49. The topological polar surface area (TPSA) is 164 Å². The van der Waals surface area contributed by atoms with Gasteiger partial charge in [-0.3, -0.25) is 9.59 Å². The number of carbonyl (C=O) groups is 5. The van der Waals surface area contributed by atoms with Crippen LogP contribution >= 0.6 is 0 Å². The molecule has 0 fully saturated rings. The Balaban J connectivity index is 0. The van der Waals surface area contributed by atoms with E-state index in [4.69, 9.17) is 15.3 Å². The van der Waals surface area contributed by atoms with Crippen molar-refractivity contribution in [1.29, 1.82) is 0 Å². The van der Waals surface area contributed by atoms with E-state index < -0.39 is 29.8 Å². The highest BCUT2D eigenvalue weighted by Crippen LogP contribution is 1.93. The van der Waals surface area contributed by atoms with Gasteiger partial charge in [0.1, 0.15) is 13.2 Å². The van der Waals surface area contributed by atoms with Crippen molar-refractivity contribution < 1.29 is 48.8 Å². The molecule has 0 spiro atoms. The molecule has 0 unspecified atom stereocenters. The molecule has 0 saturated heterocycles. The van der Waals surface area contributed by atoms with Crippen molar-refractivity contribution in [3.8, 4) is 0 Å². The fourth-order valence-corrected chi connectivity index (χ4v) is 0.885. The quantitative estimate of drug-likeness (QED) is 0.299. The largest absolute Gasteiger partial charge is 0.481 e. The Morgan fingerprint density at radius 2 is 1.50 bits per heavy atom. The molecule has 24 heavy (non-hydrogen) atoms. The number of carboxylic acids is 3. The van der Waals surface area contributed by atoms with Gasteiger partial charge in [0.05, 0.1) is 12.8 Å². The minimum absolute atomic E-state index is 0.0658. The summed E-state index contributed by atoms with van der Waals surface area (Å²) >= 11 is 0. The highest BCUT2D eigenvalue weighted by molar-refractivity contribution is 5.94. The zero-order valence-electron chi connectivity index (χ0n) is 12.9. The van der Waals surface area contributed by atoms with E-state index in [1.807, 2.05) is 0 Å². The molecule has 0 aromatic rings. The lowest BCUT2D eigenvalue weighted by atomic mass is 10.3. The SMILES string of the molecule is C/C(=C/C(=O)O)C(=O)O.C=CC(=O)OCCOC(=O)CCC(=O)O. The van der Waals surface area contributed by atoms with Crippen LogP contribution < -0.4 is 0 Å². The molecule has 0 aliphatic carbocycles. The van der Waals surface area contributed by atoms with Crippen molar-refractivity contribution in [2.24, 2.45) is 0 Å². The average molecular weight is 346 g/mol. The van der Waals surface area contributed by atoms with Crippen molar-refractivity contribution in [3.63, 3.8) is 0 Å². The molecule has 10 nitrogen and oxygen atoms in total. The molecule has 134 valence electrons. The van der Waals surface area contributed by atoms with Crippen LogP contribution in [0.1, 0.15) is 19.8 Å². The molecular formula is C14H18O10. The molecule has 0 heterocycles. The van der Waals surface area contributed by atoms with Gasteiger partial charge in [-0.15, -0.1) is 0 Å². The Hall–Kier alpha value is -3.17. The molecule has 0 rings (SSSR count). The second-order valence-electron chi connectivity index (χ2n) is 3.96. The van der Waals surface area contributed by atoms with E-state index in [9.17, 15) is 24.0 Å². The fourth-order valence-electron chi connectivity index (χ4n) is 0.885. The third-order valence-corrected chi connectivity index (χ3v) is 1.98. The van der Waals surface area contributed by atoms with Gasteiger partial charge in [-0.25, -0.2) is 14.4 Å². The number of aliphatic carboxylic acids is 3.